The van der Waals surface area contributed by atoms with Crippen LogP contribution in [0.3, 0.4) is 0 Å². The van der Waals surface area contributed by atoms with E-state index in [1.54, 1.807) is 11.1 Å². The lowest BCUT2D eigenvalue weighted by atomic mass is 9.89. The molecule has 2 aromatic rings. The number of hydrogen-bond acceptors (Lipinski definition) is 8. The van der Waals surface area contributed by atoms with Gasteiger partial charge in [-0.1, -0.05) is 57.8 Å². The lowest BCUT2D eigenvalue weighted by Crippen LogP contribution is -2.52. The number of carbonyl (C=O) groups is 2. The van der Waals surface area contributed by atoms with Crippen molar-refractivity contribution in [3.05, 3.63) is 53.4 Å². The van der Waals surface area contributed by atoms with Crippen molar-refractivity contribution >= 4 is 17.7 Å². The van der Waals surface area contributed by atoms with Gasteiger partial charge in [0.2, 0.25) is 0 Å². The zero-order chi connectivity index (χ0) is 30.2. The van der Waals surface area contributed by atoms with Crippen LogP contribution in [0.5, 0.6) is 0 Å². The summed E-state index contributed by atoms with van der Waals surface area (Å²) in [5.41, 5.74) is 0.0324. The summed E-state index contributed by atoms with van der Waals surface area (Å²) < 4.78 is 49.4. The SMILES string of the molecule is CCCC[C@H](NC(=O)O[C@H](CN1CCC(c2ccc(C(F)(F)F)cc2)=N1)C(C)(C)C)[C@@H](O)C(=O)NCc1ccno1. The first-order valence-corrected chi connectivity index (χ1v) is 13.6. The smallest absolute Gasteiger partial charge is 0.416 e. The minimum Gasteiger partial charge on any atom is -0.444 e. The number of hydrazone groups is 1. The van der Waals surface area contributed by atoms with Crippen LogP contribution in [-0.4, -0.2) is 64.3 Å². The van der Waals surface area contributed by atoms with Gasteiger partial charge in [0.25, 0.3) is 5.91 Å². The quantitative estimate of drug-likeness (QED) is 0.337. The predicted molar refractivity (Wildman–Crippen MR) is 145 cm³/mol. The van der Waals surface area contributed by atoms with E-state index in [4.69, 9.17) is 9.26 Å². The van der Waals surface area contributed by atoms with Gasteiger partial charge in [-0.25, -0.2) is 4.79 Å². The molecule has 0 saturated heterocycles. The number of aliphatic hydroxyl groups is 1. The number of amides is 2. The number of nitrogens with zero attached hydrogens (tertiary/aromatic N) is 3. The van der Waals surface area contributed by atoms with Crippen LogP contribution in [-0.2, 0) is 22.3 Å². The van der Waals surface area contributed by atoms with E-state index in [0.29, 0.717) is 42.8 Å². The first-order chi connectivity index (χ1) is 19.3. The van der Waals surface area contributed by atoms with Crippen molar-refractivity contribution in [2.24, 2.45) is 10.5 Å². The van der Waals surface area contributed by atoms with E-state index < -0.39 is 47.4 Å². The van der Waals surface area contributed by atoms with Gasteiger partial charge in [-0.15, -0.1) is 0 Å². The number of ether oxygens (including phenoxy) is 1. The minimum absolute atomic E-state index is 0.0394. The number of unbranched alkanes of at least 4 members (excludes halogenated alkanes) is 1. The maximum Gasteiger partial charge on any atom is 0.416 e. The normalized spacial score (nSPS) is 16.1. The Morgan fingerprint density at radius 1 is 1.17 bits per heavy atom. The molecular weight excluding hydrogens is 543 g/mol. The van der Waals surface area contributed by atoms with E-state index in [1.807, 2.05) is 27.7 Å². The zero-order valence-electron chi connectivity index (χ0n) is 23.7. The number of aliphatic hydroxyl groups excluding tert-OH is 1. The third-order valence-corrected chi connectivity index (χ3v) is 6.76. The number of hydrogen-bond donors (Lipinski definition) is 3. The molecule has 1 aliphatic rings. The standard InChI is InChI=1S/C28H38F3N5O5/c1-5-6-7-22(24(37)25(38)32-16-20-12-14-33-41-20)34-26(39)40-23(27(2,3)4)17-36-15-13-21(35-36)18-8-10-19(11-9-18)28(29,30)31/h8-12,14,22-24,37H,5-7,13,15-17H2,1-4H3,(H,32,38)(H,34,39)/t22-,23+,24+/m0/s1. The molecule has 2 amide bonds. The first-order valence-electron chi connectivity index (χ1n) is 13.6. The lowest BCUT2D eigenvalue weighted by Gasteiger charge is -2.33. The summed E-state index contributed by atoms with van der Waals surface area (Å²) in [6, 6.07) is 5.57. The fourth-order valence-electron chi connectivity index (χ4n) is 4.21. The molecule has 41 heavy (non-hydrogen) atoms. The van der Waals surface area contributed by atoms with Crippen LogP contribution in [0.1, 0.15) is 70.3 Å². The second-order valence-electron chi connectivity index (χ2n) is 11.1. The van der Waals surface area contributed by atoms with Gasteiger partial charge in [-0.2, -0.15) is 18.3 Å². The molecule has 1 aliphatic heterocycles. The molecular formula is C28H38F3N5O5. The maximum atomic E-state index is 13.0. The molecule has 0 saturated carbocycles. The highest BCUT2D eigenvalue weighted by atomic mass is 19.4. The van der Waals surface area contributed by atoms with Crippen molar-refractivity contribution in [2.75, 3.05) is 13.1 Å². The Morgan fingerprint density at radius 2 is 1.88 bits per heavy atom. The Morgan fingerprint density at radius 3 is 2.46 bits per heavy atom. The average Bonchev–Trinajstić information content (AvgIpc) is 3.60. The number of aromatic nitrogens is 1. The molecule has 0 spiro atoms. The fourth-order valence-corrected chi connectivity index (χ4v) is 4.21. The molecule has 1 aromatic carbocycles. The molecule has 3 atom stereocenters. The molecule has 13 heteroatoms. The topological polar surface area (TPSA) is 129 Å². The lowest BCUT2D eigenvalue weighted by molar-refractivity contribution is -0.137. The summed E-state index contributed by atoms with van der Waals surface area (Å²) in [6.07, 6.45) is -3.55. The summed E-state index contributed by atoms with van der Waals surface area (Å²) in [6.45, 7) is 8.47. The Bertz CT molecular complexity index is 1160. The van der Waals surface area contributed by atoms with E-state index in [9.17, 15) is 27.9 Å². The van der Waals surface area contributed by atoms with Gasteiger partial charge in [0, 0.05) is 24.4 Å². The molecule has 0 bridgehead atoms. The summed E-state index contributed by atoms with van der Waals surface area (Å²) in [7, 11) is 0. The van der Waals surface area contributed by atoms with Gasteiger partial charge in [0.15, 0.2) is 11.9 Å². The molecule has 10 nitrogen and oxygen atoms in total. The highest BCUT2D eigenvalue weighted by Crippen LogP contribution is 2.30. The molecule has 1 aromatic heterocycles. The van der Waals surface area contributed by atoms with E-state index in [-0.39, 0.29) is 13.1 Å². The largest absolute Gasteiger partial charge is 0.444 e. The van der Waals surface area contributed by atoms with Gasteiger partial charge in [-0.3, -0.25) is 9.80 Å². The van der Waals surface area contributed by atoms with Crippen LogP contribution in [0.4, 0.5) is 18.0 Å². The molecule has 0 radical (unpaired) electrons. The molecule has 0 aliphatic carbocycles. The van der Waals surface area contributed by atoms with E-state index in [0.717, 1.165) is 18.6 Å². The highest BCUT2D eigenvalue weighted by Gasteiger charge is 2.34. The first kappa shape index (κ1) is 31.9. The summed E-state index contributed by atoms with van der Waals surface area (Å²) in [5.74, 6) is -0.250. The minimum atomic E-state index is -4.41. The Hall–Kier alpha value is -3.61. The Balaban J connectivity index is 1.62. The van der Waals surface area contributed by atoms with Crippen LogP contribution in [0.25, 0.3) is 0 Å². The number of alkyl halides is 3. The fraction of sp³-hybridized carbons (Fsp3) is 0.571. The third-order valence-electron chi connectivity index (χ3n) is 6.76. The number of alkyl carbamates (subject to hydrolysis) is 1. The van der Waals surface area contributed by atoms with Gasteiger partial charge in [-0.05, 0) is 24.1 Å². The Kier molecular flexibility index (Phi) is 10.8. The summed E-state index contributed by atoms with van der Waals surface area (Å²) >= 11 is 0. The van der Waals surface area contributed by atoms with Crippen molar-refractivity contribution in [1.82, 2.24) is 20.8 Å². The summed E-state index contributed by atoms with van der Waals surface area (Å²) in [4.78, 5) is 25.5. The molecule has 226 valence electrons. The number of rotatable bonds is 12. The molecule has 0 unspecified atom stereocenters. The third kappa shape index (κ3) is 9.48. The van der Waals surface area contributed by atoms with Crippen LogP contribution in [0.2, 0.25) is 0 Å². The molecule has 2 heterocycles. The van der Waals surface area contributed by atoms with Gasteiger partial charge < -0.3 is 25.0 Å². The zero-order valence-corrected chi connectivity index (χ0v) is 23.7. The molecule has 3 N–H and O–H groups in total. The van der Waals surface area contributed by atoms with E-state index >= 15 is 0 Å². The van der Waals surface area contributed by atoms with Crippen molar-refractivity contribution < 1.29 is 37.1 Å². The number of carbonyl (C=O) groups excluding carboxylic acids is 2. The second-order valence-corrected chi connectivity index (χ2v) is 11.1. The van der Waals surface area contributed by atoms with Crippen LogP contribution >= 0.6 is 0 Å². The van der Waals surface area contributed by atoms with Crippen molar-refractivity contribution in [3.63, 3.8) is 0 Å². The maximum absolute atomic E-state index is 13.0. The van der Waals surface area contributed by atoms with Crippen molar-refractivity contribution in [3.8, 4) is 0 Å². The number of nitrogens with one attached hydrogen (secondary N) is 2. The van der Waals surface area contributed by atoms with Gasteiger partial charge in [0.05, 0.1) is 36.6 Å². The molecule has 0 fully saturated rings. The second kappa shape index (κ2) is 13.8. The van der Waals surface area contributed by atoms with E-state index in [2.05, 4.69) is 20.9 Å². The Labute approximate surface area is 237 Å². The van der Waals surface area contributed by atoms with Crippen LogP contribution in [0.15, 0.2) is 46.2 Å². The number of halogens is 3. The predicted octanol–water partition coefficient (Wildman–Crippen LogP) is 4.48. The number of benzene rings is 1. The van der Waals surface area contributed by atoms with Crippen LogP contribution in [0, 0.1) is 5.41 Å². The average molecular weight is 582 g/mol. The highest BCUT2D eigenvalue weighted by molar-refractivity contribution is 6.01. The monoisotopic (exact) mass is 581 g/mol. The molecule has 3 rings (SSSR count). The van der Waals surface area contributed by atoms with Crippen molar-refractivity contribution in [2.45, 2.75) is 84.3 Å². The van der Waals surface area contributed by atoms with E-state index in [1.165, 1.54) is 18.3 Å². The van der Waals surface area contributed by atoms with Crippen molar-refractivity contribution in [1.29, 1.82) is 0 Å². The summed E-state index contributed by atoms with van der Waals surface area (Å²) in [5, 5.41) is 25.8. The van der Waals surface area contributed by atoms with Gasteiger partial charge in [0.1, 0.15) is 6.10 Å². The van der Waals surface area contributed by atoms with Gasteiger partial charge >= 0.3 is 12.3 Å². The van der Waals surface area contributed by atoms with Crippen LogP contribution < -0.4 is 10.6 Å².